The van der Waals surface area contributed by atoms with Crippen LogP contribution in [0.3, 0.4) is 0 Å². The van der Waals surface area contributed by atoms with Crippen molar-refractivity contribution in [1.29, 1.82) is 0 Å². The fourth-order valence-electron chi connectivity index (χ4n) is 0.674. The van der Waals surface area contributed by atoms with Gasteiger partial charge in [0.2, 0.25) is 0 Å². The SMILES string of the molecule is Cc1ocnc1CCO. The first kappa shape index (κ1) is 6.29. The van der Waals surface area contributed by atoms with Crippen molar-refractivity contribution in [3.63, 3.8) is 0 Å². The summed E-state index contributed by atoms with van der Waals surface area (Å²) >= 11 is 0. The number of hydrogen-bond acceptors (Lipinski definition) is 3. The van der Waals surface area contributed by atoms with E-state index < -0.39 is 0 Å². The quantitative estimate of drug-likeness (QED) is 0.629. The van der Waals surface area contributed by atoms with Gasteiger partial charge in [-0.2, -0.15) is 0 Å². The molecule has 0 bridgehead atoms. The number of hydrogen-bond donors (Lipinski definition) is 1. The van der Waals surface area contributed by atoms with E-state index in [4.69, 9.17) is 9.52 Å². The Bertz CT molecular complexity index is 183. The summed E-state index contributed by atoms with van der Waals surface area (Å²) in [5, 5.41) is 8.48. The summed E-state index contributed by atoms with van der Waals surface area (Å²) in [6.07, 6.45) is 1.97. The summed E-state index contributed by atoms with van der Waals surface area (Å²) in [7, 11) is 0. The van der Waals surface area contributed by atoms with E-state index >= 15 is 0 Å². The second-order valence-electron chi connectivity index (χ2n) is 1.83. The average molecular weight is 127 g/mol. The number of aliphatic hydroxyl groups excluding tert-OH is 1. The molecule has 0 aromatic carbocycles. The lowest BCUT2D eigenvalue weighted by atomic mass is 10.3. The molecule has 0 saturated carbocycles. The molecular formula is C6H9NO2. The van der Waals surface area contributed by atoms with Gasteiger partial charge in [0.25, 0.3) is 0 Å². The highest BCUT2D eigenvalue weighted by molar-refractivity contribution is 5.04. The van der Waals surface area contributed by atoms with E-state index in [1.54, 1.807) is 0 Å². The van der Waals surface area contributed by atoms with Gasteiger partial charge in [-0.05, 0) is 6.92 Å². The van der Waals surface area contributed by atoms with Gasteiger partial charge in [-0.15, -0.1) is 0 Å². The molecule has 0 aliphatic rings. The van der Waals surface area contributed by atoms with Crippen LogP contribution in [0.25, 0.3) is 0 Å². The van der Waals surface area contributed by atoms with E-state index in [2.05, 4.69) is 4.98 Å². The van der Waals surface area contributed by atoms with Crippen molar-refractivity contribution < 1.29 is 9.52 Å². The Hall–Kier alpha value is -0.830. The number of rotatable bonds is 2. The van der Waals surface area contributed by atoms with Crippen LogP contribution in [0.2, 0.25) is 0 Å². The first-order chi connectivity index (χ1) is 4.34. The summed E-state index contributed by atoms with van der Waals surface area (Å²) in [5.74, 6) is 0.795. The normalized spacial score (nSPS) is 10.0. The van der Waals surface area contributed by atoms with Crippen LogP contribution in [0.1, 0.15) is 11.5 Å². The summed E-state index contributed by atoms with van der Waals surface area (Å²) < 4.78 is 4.89. The summed E-state index contributed by atoms with van der Waals surface area (Å²) in [6.45, 7) is 1.96. The fourth-order valence-corrected chi connectivity index (χ4v) is 0.674. The lowest BCUT2D eigenvalue weighted by molar-refractivity contribution is 0.297. The predicted octanol–water partition coefficient (Wildman–Crippen LogP) is 0.518. The summed E-state index contributed by atoms with van der Waals surface area (Å²) in [6, 6.07) is 0. The zero-order valence-electron chi connectivity index (χ0n) is 5.29. The smallest absolute Gasteiger partial charge is 0.181 e. The van der Waals surface area contributed by atoms with E-state index in [0.29, 0.717) is 6.42 Å². The van der Waals surface area contributed by atoms with Crippen LogP contribution in [-0.4, -0.2) is 16.7 Å². The maximum Gasteiger partial charge on any atom is 0.181 e. The molecule has 0 atom stereocenters. The van der Waals surface area contributed by atoms with Crippen LogP contribution in [0.15, 0.2) is 10.8 Å². The van der Waals surface area contributed by atoms with Gasteiger partial charge in [0.1, 0.15) is 5.76 Å². The summed E-state index contributed by atoms with van der Waals surface area (Å²) in [4.78, 5) is 3.88. The monoisotopic (exact) mass is 127 g/mol. The van der Waals surface area contributed by atoms with Crippen LogP contribution in [0, 0.1) is 6.92 Å². The third-order valence-corrected chi connectivity index (χ3v) is 1.19. The molecule has 0 aliphatic heterocycles. The third-order valence-electron chi connectivity index (χ3n) is 1.19. The fraction of sp³-hybridized carbons (Fsp3) is 0.500. The van der Waals surface area contributed by atoms with Crippen molar-refractivity contribution in [3.8, 4) is 0 Å². The van der Waals surface area contributed by atoms with Crippen molar-refractivity contribution in [3.05, 3.63) is 17.8 Å². The average Bonchev–Trinajstić information content (AvgIpc) is 2.18. The minimum atomic E-state index is 0.132. The third kappa shape index (κ3) is 1.29. The van der Waals surface area contributed by atoms with Gasteiger partial charge < -0.3 is 9.52 Å². The first-order valence-corrected chi connectivity index (χ1v) is 2.84. The van der Waals surface area contributed by atoms with Gasteiger partial charge in [0.05, 0.1) is 5.69 Å². The van der Waals surface area contributed by atoms with Gasteiger partial charge in [-0.3, -0.25) is 0 Å². The molecule has 1 heterocycles. The van der Waals surface area contributed by atoms with Gasteiger partial charge in [-0.1, -0.05) is 0 Å². The van der Waals surface area contributed by atoms with Crippen molar-refractivity contribution in [2.24, 2.45) is 0 Å². The van der Waals surface area contributed by atoms with E-state index in [1.165, 1.54) is 6.39 Å². The van der Waals surface area contributed by atoms with Gasteiger partial charge in [0, 0.05) is 13.0 Å². The van der Waals surface area contributed by atoms with Crippen molar-refractivity contribution in [1.82, 2.24) is 4.98 Å². The van der Waals surface area contributed by atoms with E-state index in [-0.39, 0.29) is 6.61 Å². The maximum absolute atomic E-state index is 8.48. The molecule has 1 rings (SSSR count). The standard InChI is InChI=1S/C6H9NO2/c1-5-6(2-3-8)7-4-9-5/h4,8H,2-3H2,1H3. The van der Waals surface area contributed by atoms with E-state index in [9.17, 15) is 0 Å². The van der Waals surface area contributed by atoms with Crippen LogP contribution in [0.4, 0.5) is 0 Å². The van der Waals surface area contributed by atoms with Gasteiger partial charge >= 0.3 is 0 Å². The largest absolute Gasteiger partial charge is 0.449 e. The lowest BCUT2D eigenvalue weighted by Gasteiger charge is -1.88. The molecule has 0 radical (unpaired) electrons. The molecule has 0 aliphatic carbocycles. The number of nitrogens with zero attached hydrogens (tertiary/aromatic N) is 1. The molecule has 1 aromatic heterocycles. The molecule has 0 amide bonds. The first-order valence-electron chi connectivity index (χ1n) is 2.84. The van der Waals surface area contributed by atoms with Crippen molar-refractivity contribution in [2.75, 3.05) is 6.61 Å². The number of aliphatic hydroxyl groups is 1. The Labute approximate surface area is 53.3 Å². The molecule has 0 fully saturated rings. The molecule has 3 heteroatoms. The number of oxazole rings is 1. The second kappa shape index (κ2) is 2.64. The van der Waals surface area contributed by atoms with E-state index in [0.717, 1.165) is 11.5 Å². The second-order valence-corrected chi connectivity index (χ2v) is 1.83. The van der Waals surface area contributed by atoms with Gasteiger partial charge in [0.15, 0.2) is 6.39 Å². The molecule has 50 valence electrons. The van der Waals surface area contributed by atoms with Crippen molar-refractivity contribution in [2.45, 2.75) is 13.3 Å². The Kier molecular flexibility index (Phi) is 1.85. The molecule has 0 saturated heterocycles. The topological polar surface area (TPSA) is 46.3 Å². The lowest BCUT2D eigenvalue weighted by Crippen LogP contribution is -1.91. The van der Waals surface area contributed by atoms with Crippen molar-refractivity contribution >= 4 is 0 Å². The highest BCUT2D eigenvalue weighted by atomic mass is 16.3. The molecule has 0 spiro atoms. The highest BCUT2D eigenvalue weighted by Crippen LogP contribution is 2.03. The minimum absolute atomic E-state index is 0.132. The molecular weight excluding hydrogens is 118 g/mol. The Morgan fingerprint density at radius 1 is 1.78 bits per heavy atom. The zero-order chi connectivity index (χ0) is 6.69. The molecule has 9 heavy (non-hydrogen) atoms. The Morgan fingerprint density at radius 2 is 2.56 bits per heavy atom. The van der Waals surface area contributed by atoms with Crippen LogP contribution >= 0.6 is 0 Å². The number of aromatic nitrogens is 1. The Morgan fingerprint density at radius 3 is 3.00 bits per heavy atom. The molecule has 0 unspecified atom stereocenters. The van der Waals surface area contributed by atoms with Crippen LogP contribution in [-0.2, 0) is 6.42 Å². The van der Waals surface area contributed by atoms with E-state index in [1.807, 2.05) is 6.92 Å². The number of aryl methyl sites for hydroxylation is 1. The van der Waals surface area contributed by atoms with Crippen LogP contribution < -0.4 is 0 Å². The molecule has 3 nitrogen and oxygen atoms in total. The van der Waals surface area contributed by atoms with Gasteiger partial charge in [-0.25, -0.2) is 4.98 Å². The predicted molar refractivity (Wildman–Crippen MR) is 32.0 cm³/mol. The molecule has 1 aromatic rings. The minimum Gasteiger partial charge on any atom is -0.449 e. The summed E-state index contributed by atoms with van der Waals surface area (Å²) in [5.41, 5.74) is 0.845. The van der Waals surface area contributed by atoms with Crippen LogP contribution in [0.5, 0.6) is 0 Å². The maximum atomic E-state index is 8.48. The zero-order valence-corrected chi connectivity index (χ0v) is 5.29. The Balaban J connectivity index is 2.69. The molecule has 1 N–H and O–H groups in total. The highest BCUT2D eigenvalue weighted by Gasteiger charge is 1.99.